The first-order valence-corrected chi connectivity index (χ1v) is 11.2. The van der Waals surface area contributed by atoms with Crippen molar-refractivity contribution in [1.82, 2.24) is 4.90 Å². The van der Waals surface area contributed by atoms with Crippen LogP contribution in [0.2, 0.25) is 0 Å². The van der Waals surface area contributed by atoms with Crippen LogP contribution in [-0.4, -0.2) is 49.3 Å². The minimum Gasteiger partial charge on any atom is -0.494 e. The van der Waals surface area contributed by atoms with Crippen molar-refractivity contribution in [2.24, 2.45) is 0 Å². The summed E-state index contributed by atoms with van der Waals surface area (Å²) in [6, 6.07) is 10.2. The summed E-state index contributed by atoms with van der Waals surface area (Å²) in [5.74, 6) is 0.669. The molecule has 10 heteroatoms. The first kappa shape index (κ1) is 23.7. The largest absolute Gasteiger partial charge is 0.494 e. The molecule has 1 aliphatic rings. The molecule has 1 heterocycles. The van der Waals surface area contributed by atoms with E-state index in [0.717, 1.165) is 16.7 Å². The van der Waals surface area contributed by atoms with Crippen molar-refractivity contribution in [2.75, 3.05) is 32.7 Å². The number of halogens is 1. The predicted octanol–water partition coefficient (Wildman–Crippen LogP) is 4.54. The van der Waals surface area contributed by atoms with Crippen LogP contribution in [0.1, 0.15) is 12.5 Å². The van der Waals surface area contributed by atoms with Crippen molar-refractivity contribution in [3.05, 3.63) is 51.3 Å². The summed E-state index contributed by atoms with van der Waals surface area (Å²) in [4.78, 5) is 38.6. The van der Waals surface area contributed by atoms with Crippen molar-refractivity contribution in [3.63, 3.8) is 0 Å². The molecule has 3 amide bonds. The maximum absolute atomic E-state index is 12.8. The number of methoxy groups -OCH3 is 2. The molecule has 0 aliphatic carbocycles. The Morgan fingerprint density at radius 2 is 1.78 bits per heavy atom. The molecule has 0 bridgehead atoms. The van der Waals surface area contributed by atoms with Gasteiger partial charge in [0, 0.05) is 10.2 Å². The van der Waals surface area contributed by atoms with E-state index in [1.807, 2.05) is 6.92 Å². The Kier molecular flexibility index (Phi) is 7.81. The average Bonchev–Trinajstić information content (AvgIpc) is 3.03. The number of hydrogen-bond acceptors (Lipinski definition) is 7. The Hall–Kier alpha value is -2.98. The van der Waals surface area contributed by atoms with E-state index in [-0.39, 0.29) is 11.4 Å². The molecule has 2 aromatic carbocycles. The van der Waals surface area contributed by atoms with E-state index in [9.17, 15) is 14.4 Å². The highest BCUT2D eigenvalue weighted by atomic mass is 79.9. The van der Waals surface area contributed by atoms with Gasteiger partial charge in [0.05, 0.1) is 25.7 Å². The van der Waals surface area contributed by atoms with Crippen LogP contribution in [0.5, 0.6) is 17.2 Å². The van der Waals surface area contributed by atoms with Crippen LogP contribution in [0, 0.1) is 0 Å². The van der Waals surface area contributed by atoms with Gasteiger partial charge in [0.1, 0.15) is 12.3 Å². The van der Waals surface area contributed by atoms with Gasteiger partial charge in [-0.3, -0.25) is 19.3 Å². The first-order valence-electron chi connectivity index (χ1n) is 9.55. The lowest BCUT2D eigenvalue weighted by Crippen LogP contribution is -2.36. The van der Waals surface area contributed by atoms with Gasteiger partial charge in [0.25, 0.3) is 11.1 Å². The molecule has 1 N–H and O–H groups in total. The van der Waals surface area contributed by atoms with Crippen molar-refractivity contribution in [1.29, 1.82) is 0 Å². The Labute approximate surface area is 198 Å². The molecule has 2 aromatic rings. The molecule has 3 rings (SSSR count). The fourth-order valence-electron chi connectivity index (χ4n) is 2.90. The second-order valence-electron chi connectivity index (χ2n) is 6.50. The number of thioether (sulfide) groups is 1. The van der Waals surface area contributed by atoms with Crippen molar-refractivity contribution >= 4 is 56.5 Å². The third-order valence-corrected chi connectivity index (χ3v) is 6.01. The number of ether oxygens (including phenoxy) is 3. The van der Waals surface area contributed by atoms with E-state index in [0.29, 0.717) is 39.6 Å². The van der Waals surface area contributed by atoms with Gasteiger partial charge in [-0.2, -0.15) is 0 Å². The number of rotatable bonds is 8. The summed E-state index contributed by atoms with van der Waals surface area (Å²) in [7, 11) is 3.03. The quantitative estimate of drug-likeness (QED) is 0.510. The molecule has 8 nitrogen and oxygen atoms in total. The van der Waals surface area contributed by atoms with Gasteiger partial charge in [-0.1, -0.05) is 15.9 Å². The normalized spacial score (nSPS) is 14.6. The molecular formula is C22H21BrN2O6S. The highest BCUT2D eigenvalue weighted by Gasteiger charge is 2.36. The van der Waals surface area contributed by atoms with Crippen molar-refractivity contribution in [2.45, 2.75) is 6.92 Å². The SMILES string of the molecule is CCOc1ccc(NC(=O)CN2C(=O)S/C(=C/c3cc(OC)c(OC)cc3Br)C2=O)cc1. The molecule has 1 aliphatic heterocycles. The van der Waals surface area contributed by atoms with Gasteiger partial charge in [-0.05, 0) is 66.7 Å². The molecule has 0 aromatic heterocycles. The van der Waals surface area contributed by atoms with E-state index in [1.165, 1.54) is 14.2 Å². The number of nitrogens with zero attached hydrogens (tertiary/aromatic N) is 1. The lowest BCUT2D eigenvalue weighted by Gasteiger charge is -2.13. The first-order chi connectivity index (χ1) is 15.4. The summed E-state index contributed by atoms with van der Waals surface area (Å²) in [5, 5.41) is 2.16. The fraction of sp³-hybridized carbons (Fsp3) is 0.227. The van der Waals surface area contributed by atoms with Gasteiger partial charge in [-0.25, -0.2) is 0 Å². The zero-order chi connectivity index (χ0) is 23.3. The molecule has 0 unspecified atom stereocenters. The molecule has 0 atom stereocenters. The standard InChI is InChI=1S/C22H21BrN2O6S/c1-4-31-15-7-5-14(6-8-15)24-20(26)12-25-21(27)19(32-22(25)28)10-13-9-17(29-2)18(30-3)11-16(13)23/h5-11H,4,12H2,1-3H3,(H,24,26)/b19-10+. The lowest BCUT2D eigenvalue weighted by atomic mass is 10.2. The third kappa shape index (κ3) is 5.43. The number of imide groups is 1. The number of amides is 3. The maximum Gasteiger partial charge on any atom is 0.294 e. The average molecular weight is 521 g/mol. The molecule has 1 fully saturated rings. The van der Waals surface area contributed by atoms with Crippen molar-refractivity contribution in [3.8, 4) is 17.2 Å². The van der Waals surface area contributed by atoms with Gasteiger partial charge in [0.15, 0.2) is 11.5 Å². The topological polar surface area (TPSA) is 94.2 Å². The summed E-state index contributed by atoms with van der Waals surface area (Å²) >= 11 is 4.20. The van der Waals surface area contributed by atoms with Crippen LogP contribution in [0.25, 0.3) is 6.08 Å². The molecular weight excluding hydrogens is 500 g/mol. The minimum atomic E-state index is -0.538. The highest BCUT2D eigenvalue weighted by molar-refractivity contribution is 9.10. The Morgan fingerprint density at radius 3 is 2.41 bits per heavy atom. The summed E-state index contributed by atoms with van der Waals surface area (Å²) in [5.41, 5.74) is 1.17. The molecule has 0 radical (unpaired) electrons. The second kappa shape index (κ2) is 10.6. The van der Waals surface area contributed by atoms with Crippen LogP contribution in [-0.2, 0) is 9.59 Å². The van der Waals surface area contributed by atoms with Crippen LogP contribution < -0.4 is 19.5 Å². The summed E-state index contributed by atoms with van der Waals surface area (Å²) in [6.07, 6.45) is 1.57. The number of carbonyl (C=O) groups is 3. The van der Waals surface area contributed by atoms with Crippen LogP contribution in [0.3, 0.4) is 0 Å². The third-order valence-electron chi connectivity index (χ3n) is 4.41. The number of carbonyl (C=O) groups excluding carboxylic acids is 3. The van der Waals surface area contributed by atoms with Crippen molar-refractivity contribution < 1.29 is 28.6 Å². The molecule has 0 spiro atoms. The lowest BCUT2D eigenvalue weighted by molar-refractivity contribution is -0.127. The van der Waals surface area contributed by atoms with E-state index in [1.54, 1.807) is 42.5 Å². The van der Waals surface area contributed by atoms with E-state index >= 15 is 0 Å². The Morgan fingerprint density at radius 1 is 1.12 bits per heavy atom. The predicted molar refractivity (Wildman–Crippen MR) is 126 cm³/mol. The number of benzene rings is 2. The van der Waals surface area contributed by atoms with Gasteiger partial charge >= 0.3 is 0 Å². The van der Waals surface area contributed by atoms with Gasteiger partial charge in [0.2, 0.25) is 5.91 Å². The number of nitrogens with one attached hydrogen (secondary N) is 1. The Balaban J connectivity index is 1.71. The number of hydrogen-bond donors (Lipinski definition) is 1. The van der Waals surface area contributed by atoms with Gasteiger partial charge < -0.3 is 19.5 Å². The smallest absolute Gasteiger partial charge is 0.294 e. The van der Waals surface area contributed by atoms with Crippen LogP contribution >= 0.6 is 27.7 Å². The van der Waals surface area contributed by atoms with E-state index < -0.39 is 17.1 Å². The van der Waals surface area contributed by atoms with E-state index in [4.69, 9.17) is 14.2 Å². The monoisotopic (exact) mass is 520 g/mol. The number of anilines is 1. The summed E-state index contributed by atoms with van der Waals surface area (Å²) < 4.78 is 16.6. The minimum absolute atomic E-state index is 0.205. The van der Waals surface area contributed by atoms with E-state index in [2.05, 4.69) is 21.2 Å². The van der Waals surface area contributed by atoms with Crippen LogP contribution in [0.15, 0.2) is 45.8 Å². The highest BCUT2D eigenvalue weighted by Crippen LogP contribution is 2.37. The molecule has 1 saturated heterocycles. The Bertz CT molecular complexity index is 1070. The van der Waals surface area contributed by atoms with Crippen LogP contribution in [0.4, 0.5) is 10.5 Å². The molecule has 0 saturated carbocycles. The fourth-order valence-corrected chi connectivity index (χ4v) is 4.17. The summed E-state index contributed by atoms with van der Waals surface area (Å²) in [6.45, 7) is 2.03. The molecule has 32 heavy (non-hydrogen) atoms. The second-order valence-corrected chi connectivity index (χ2v) is 8.35. The van der Waals surface area contributed by atoms with Gasteiger partial charge in [-0.15, -0.1) is 0 Å². The zero-order valence-corrected chi connectivity index (χ0v) is 20.0. The zero-order valence-electron chi connectivity index (χ0n) is 17.6. The maximum atomic E-state index is 12.8. The molecule has 168 valence electrons.